The van der Waals surface area contributed by atoms with Crippen LogP contribution >= 0.6 is 11.3 Å². The standard InChI is InChI=1S/C6H10N2S.C2H6/c1-3-7-6-8-5(2)4-9-6;1-2/h4H,3H2,1-2H3,(H,7,8);1-2H3. The molecule has 0 aliphatic heterocycles. The average Bonchev–Trinajstić information content (AvgIpc) is 2.41. The lowest BCUT2D eigenvalue weighted by molar-refractivity contribution is 1.17. The molecule has 0 aliphatic carbocycles. The van der Waals surface area contributed by atoms with Crippen LogP contribution in [0, 0.1) is 6.92 Å². The fraction of sp³-hybridized carbons (Fsp3) is 0.625. The highest BCUT2D eigenvalue weighted by molar-refractivity contribution is 7.13. The van der Waals surface area contributed by atoms with Gasteiger partial charge in [0, 0.05) is 11.9 Å². The molecule has 0 saturated carbocycles. The predicted molar refractivity (Wildman–Crippen MR) is 52.4 cm³/mol. The zero-order valence-corrected chi connectivity index (χ0v) is 8.46. The maximum absolute atomic E-state index is 4.21. The van der Waals surface area contributed by atoms with Crippen molar-refractivity contribution in [1.29, 1.82) is 0 Å². The van der Waals surface area contributed by atoms with Crippen molar-refractivity contribution in [3.63, 3.8) is 0 Å². The van der Waals surface area contributed by atoms with Crippen molar-refractivity contribution >= 4 is 16.5 Å². The summed E-state index contributed by atoms with van der Waals surface area (Å²) in [5, 5.41) is 6.20. The van der Waals surface area contributed by atoms with Crippen LogP contribution in [0.3, 0.4) is 0 Å². The summed E-state index contributed by atoms with van der Waals surface area (Å²) in [5.41, 5.74) is 1.09. The number of anilines is 1. The Labute approximate surface area is 72.7 Å². The van der Waals surface area contributed by atoms with Crippen molar-refractivity contribution < 1.29 is 0 Å². The Hall–Kier alpha value is -0.570. The fourth-order valence-electron chi connectivity index (χ4n) is 0.586. The summed E-state index contributed by atoms with van der Waals surface area (Å²) in [5.74, 6) is 0. The molecule has 1 aromatic rings. The van der Waals surface area contributed by atoms with Crippen LogP contribution in [0.15, 0.2) is 5.38 Å². The molecular weight excluding hydrogens is 156 g/mol. The van der Waals surface area contributed by atoms with Gasteiger partial charge in [0.25, 0.3) is 0 Å². The average molecular weight is 172 g/mol. The van der Waals surface area contributed by atoms with E-state index in [-0.39, 0.29) is 0 Å². The molecule has 0 radical (unpaired) electrons. The Kier molecular flexibility index (Phi) is 5.84. The zero-order chi connectivity index (χ0) is 8.69. The van der Waals surface area contributed by atoms with Gasteiger partial charge in [0.2, 0.25) is 0 Å². The molecule has 1 heterocycles. The van der Waals surface area contributed by atoms with Crippen LogP contribution in [-0.2, 0) is 0 Å². The summed E-state index contributed by atoms with van der Waals surface area (Å²) in [6.07, 6.45) is 0. The van der Waals surface area contributed by atoms with Gasteiger partial charge in [-0.15, -0.1) is 11.3 Å². The van der Waals surface area contributed by atoms with Crippen molar-refractivity contribution in [2.75, 3.05) is 11.9 Å². The number of nitrogens with zero attached hydrogens (tertiary/aromatic N) is 1. The molecule has 1 rings (SSSR count). The Bertz CT molecular complexity index is 184. The third-order valence-corrected chi connectivity index (χ3v) is 1.86. The number of aromatic nitrogens is 1. The molecule has 0 spiro atoms. The molecule has 1 aromatic heterocycles. The monoisotopic (exact) mass is 172 g/mol. The molecule has 1 N–H and O–H groups in total. The van der Waals surface area contributed by atoms with Crippen LogP contribution in [0.1, 0.15) is 26.5 Å². The van der Waals surface area contributed by atoms with Crippen molar-refractivity contribution in [2.24, 2.45) is 0 Å². The lowest BCUT2D eigenvalue weighted by Crippen LogP contribution is -1.94. The van der Waals surface area contributed by atoms with Crippen LogP contribution in [-0.4, -0.2) is 11.5 Å². The van der Waals surface area contributed by atoms with Gasteiger partial charge in [-0.2, -0.15) is 0 Å². The van der Waals surface area contributed by atoms with Crippen molar-refractivity contribution in [3.8, 4) is 0 Å². The summed E-state index contributed by atoms with van der Waals surface area (Å²) >= 11 is 1.65. The normalized spacial score (nSPS) is 8.36. The maximum atomic E-state index is 4.21. The van der Waals surface area contributed by atoms with E-state index in [1.165, 1.54) is 0 Å². The smallest absolute Gasteiger partial charge is 0.182 e. The summed E-state index contributed by atoms with van der Waals surface area (Å²) in [4.78, 5) is 4.21. The quantitative estimate of drug-likeness (QED) is 0.742. The van der Waals surface area contributed by atoms with E-state index >= 15 is 0 Å². The second-order valence-corrected chi connectivity index (χ2v) is 2.68. The first-order valence-corrected chi connectivity index (χ1v) is 4.87. The van der Waals surface area contributed by atoms with Crippen molar-refractivity contribution in [1.82, 2.24) is 4.98 Å². The second kappa shape index (κ2) is 6.16. The van der Waals surface area contributed by atoms with Crippen LogP contribution < -0.4 is 5.32 Å². The number of hydrogen-bond donors (Lipinski definition) is 1. The van der Waals surface area contributed by atoms with Crippen LogP contribution in [0.5, 0.6) is 0 Å². The highest BCUT2D eigenvalue weighted by Gasteiger charge is 1.92. The molecular formula is C8H16N2S. The van der Waals surface area contributed by atoms with E-state index in [1.807, 2.05) is 26.2 Å². The lowest BCUT2D eigenvalue weighted by Gasteiger charge is -1.92. The zero-order valence-electron chi connectivity index (χ0n) is 7.64. The fourth-order valence-corrected chi connectivity index (χ4v) is 1.35. The second-order valence-electron chi connectivity index (χ2n) is 1.82. The first-order valence-electron chi connectivity index (χ1n) is 3.99. The lowest BCUT2D eigenvalue weighted by atomic mass is 10.6. The predicted octanol–water partition coefficient (Wildman–Crippen LogP) is 2.91. The van der Waals surface area contributed by atoms with Gasteiger partial charge in [0.15, 0.2) is 5.13 Å². The van der Waals surface area contributed by atoms with E-state index in [4.69, 9.17) is 0 Å². The van der Waals surface area contributed by atoms with Gasteiger partial charge in [0.1, 0.15) is 0 Å². The molecule has 11 heavy (non-hydrogen) atoms. The van der Waals surface area contributed by atoms with Gasteiger partial charge in [-0.1, -0.05) is 13.8 Å². The molecule has 0 unspecified atom stereocenters. The van der Waals surface area contributed by atoms with Gasteiger partial charge < -0.3 is 5.32 Å². The number of rotatable bonds is 2. The van der Waals surface area contributed by atoms with Crippen molar-refractivity contribution in [3.05, 3.63) is 11.1 Å². The number of nitrogens with one attached hydrogen (secondary N) is 1. The first-order chi connectivity index (χ1) is 5.33. The van der Waals surface area contributed by atoms with E-state index in [0.29, 0.717) is 0 Å². The van der Waals surface area contributed by atoms with E-state index in [2.05, 4.69) is 17.2 Å². The summed E-state index contributed by atoms with van der Waals surface area (Å²) in [7, 11) is 0. The molecule has 2 nitrogen and oxygen atoms in total. The van der Waals surface area contributed by atoms with Gasteiger partial charge in [-0.25, -0.2) is 4.98 Å². The molecule has 64 valence electrons. The number of thiazole rings is 1. The van der Waals surface area contributed by atoms with E-state index in [1.54, 1.807) is 11.3 Å². The maximum Gasteiger partial charge on any atom is 0.182 e. The molecule has 0 amide bonds. The van der Waals surface area contributed by atoms with Gasteiger partial charge in [0.05, 0.1) is 5.69 Å². The number of hydrogen-bond acceptors (Lipinski definition) is 3. The Morgan fingerprint density at radius 2 is 2.18 bits per heavy atom. The van der Waals surface area contributed by atoms with Crippen molar-refractivity contribution in [2.45, 2.75) is 27.7 Å². The topological polar surface area (TPSA) is 24.9 Å². The van der Waals surface area contributed by atoms with Crippen LogP contribution in [0.2, 0.25) is 0 Å². The molecule has 0 atom stereocenters. The SMILES string of the molecule is CC.CCNc1nc(C)cs1. The summed E-state index contributed by atoms with van der Waals surface area (Å²) in [6.45, 7) is 9.01. The summed E-state index contributed by atoms with van der Waals surface area (Å²) < 4.78 is 0. The third-order valence-electron chi connectivity index (χ3n) is 0.947. The first kappa shape index (κ1) is 10.4. The Morgan fingerprint density at radius 1 is 1.55 bits per heavy atom. The molecule has 0 bridgehead atoms. The summed E-state index contributed by atoms with van der Waals surface area (Å²) in [6, 6.07) is 0. The van der Waals surface area contributed by atoms with Gasteiger partial charge >= 0.3 is 0 Å². The molecule has 0 saturated heterocycles. The minimum Gasteiger partial charge on any atom is -0.362 e. The Morgan fingerprint density at radius 3 is 2.55 bits per heavy atom. The van der Waals surface area contributed by atoms with E-state index < -0.39 is 0 Å². The highest BCUT2D eigenvalue weighted by Crippen LogP contribution is 2.13. The number of aryl methyl sites for hydroxylation is 1. The molecule has 3 heteroatoms. The van der Waals surface area contributed by atoms with Gasteiger partial charge in [-0.05, 0) is 13.8 Å². The molecule has 0 aliphatic rings. The van der Waals surface area contributed by atoms with Crippen LogP contribution in [0.25, 0.3) is 0 Å². The van der Waals surface area contributed by atoms with E-state index in [9.17, 15) is 0 Å². The highest BCUT2D eigenvalue weighted by atomic mass is 32.1. The largest absolute Gasteiger partial charge is 0.362 e. The van der Waals surface area contributed by atoms with Crippen LogP contribution in [0.4, 0.5) is 5.13 Å². The minimum atomic E-state index is 0.951. The minimum absolute atomic E-state index is 0.951. The molecule has 0 fully saturated rings. The Balaban J connectivity index is 0.000000461. The van der Waals surface area contributed by atoms with Gasteiger partial charge in [-0.3, -0.25) is 0 Å². The molecule has 0 aromatic carbocycles. The third kappa shape index (κ3) is 3.98. The van der Waals surface area contributed by atoms with E-state index in [0.717, 1.165) is 17.4 Å².